The molecule has 1 saturated heterocycles. The number of nitrogens with zero attached hydrogens (tertiary/aromatic N) is 3. The van der Waals surface area contributed by atoms with Gasteiger partial charge in [0, 0.05) is 38.4 Å². The molecule has 1 aromatic heterocycles. The zero-order chi connectivity index (χ0) is 30.2. The summed E-state index contributed by atoms with van der Waals surface area (Å²) in [5.41, 5.74) is 6.29. The van der Waals surface area contributed by atoms with Crippen molar-refractivity contribution < 1.29 is 28.3 Å². The van der Waals surface area contributed by atoms with Crippen molar-refractivity contribution in [3.63, 3.8) is 0 Å². The lowest BCUT2D eigenvalue weighted by atomic mass is 10.0. The predicted molar refractivity (Wildman–Crippen MR) is 153 cm³/mol. The number of aryl methyl sites for hydroxylation is 1. The number of pyridine rings is 1. The lowest BCUT2D eigenvalue weighted by Gasteiger charge is -2.32. The molecule has 2 aliphatic heterocycles. The number of nitrogens with two attached hydrogens (primary N) is 1. The number of nitrogens with one attached hydrogen (secondary N) is 2. The molecule has 2 aliphatic rings. The van der Waals surface area contributed by atoms with Crippen LogP contribution < -0.4 is 21.1 Å². The van der Waals surface area contributed by atoms with Gasteiger partial charge in [-0.3, -0.25) is 19.2 Å². The highest BCUT2D eigenvalue weighted by Gasteiger charge is 2.37. The maximum atomic E-state index is 14.8. The fourth-order valence-electron chi connectivity index (χ4n) is 5.22. The zero-order valence-electron chi connectivity index (χ0n) is 24.1. The minimum Gasteiger partial charge on any atom is -0.490 e. The summed E-state index contributed by atoms with van der Waals surface area (Å²) in [4.78, 5) is 60.8. The van der Waals surface area contributed by atoms with Gasteiger partial charge in [0.2, 0.25) is 11.8 Å². The number of rotatable bonds is 5. The molecule has 0 unspecified atom stereocenters. The monoisotopic (exact) mass is 582 g/mol. The largest absolute Gasteiger partial charge is 0.490 e. The first kappa shape index (κ1) is 30.9. The Balaban J connectivity index is 1.66. The first-order valence-electron chi connectivity index (χ1n) is 14.4. The van der Waals surface area contributed by atoms with Crippen LogP contribution in [0.15, 0.2) is 36.5 Å². The lowest BCUT2D eigenvalue weighted by Crippen LogP contribution is -2.55. The number of amides is 4. The van der Waals surface area contributed by atoms with Crippen LogP contribution in [-0.4, -0.2) is 89.8 Å². The van der Waals surface area contributed by atoms with E-state index in [-0.39, 0.29) is 61.0 Å². The van der Waals surface area contributed by atoms with Crippen molar-refractivity contribution in [2.45, 2.75) is 51.6 Å². The van der Waals surface area contributed by atoms with Gasteiger partial charge in [-0.1, -0.05) is 19.9 Å². The number of benzene rings is 1. The first-order chi connectivity index (χ1) is 20.2. The Labute approximate surface area is 245 Å². The maximum Gasteiger partial charge on any atom is 0.276 e. The Morgan fingerprint density at radius 2 is 2.02 bits per heavy atom. The van der Waals surface area contributed by atoms with E-state index in [1.165, 1.54) is 28.1 Å². The Morgan fingerprint density at radius 3 is 2.79 bits per heavy atom. The molecule has 11 nitrogen and oxygen atoms in total. The molecule has 42 heavy (non-hydrogen) atoms. The van der Waals surface area contributed by atoms with E-state index in [1.54, 1.807) is 18.2 Å². The van der Waals surface area contributed by atoms with Crippen LogP contribution in [-0.2, 0) is 16.0 Å². The van der Waals surface area contributed by atoms with Crippen molar-refractivity contribution in [3.8, 4) is 5.75 Å². The van der Waals surface area contributed by atoms with Crippen LogP contribution in [0, 0.1) is 11.7 Å². The fraction of sp³-hybridized carbons (Fsp3) is 0.500. The van der Waals surface area contributed by atoms with E-state index in [0.717, 1.165) is 5.56 Å². The van der Waals surface area contributed by atoms with E-state index in [2.05, 4.69) is 15.6 Å². The highest BCUT2D eigenvalue weighted by molar-refractivity contribution is 5.99. The van der Waals surface area contributed by atoms with E-state index in [1.807, 2.05) is 13.8 Å². The first-order valence-corrected chi connectivity index (χ1v) is 14.4. The highest BCUT2D eigenvalue weighted by atomic mass is 19.1. The third-order valence-corrected chi connectivity index (χ3v) is 7.56. The highest BCUT2D eigenvalue weighted by Crippen LogP contribution is 2.24. The van der Waals surface area contributed by atoms with Crippen LogP contribution in [0.2, 0.25) is 0 Å². The molecule has 12 heteroatoms. The van der Waals surface area contributed by atoms with Crippen LogP contribution in [0.25, 0.3) is 0 Å². The summed E-state index contributed by atoms with van der Waals surface area (Å²) in [6.07, 6.45) is 3.54. The van der Waals surface area contributed by atoms with Gasteiger partial charge in [0.1, 0.15) is 18.5 Å². The molecule has 226 valence electrons. The molecule has 2 aromatic rings. The van der Waals surface area contributed by atoms with Crippen molar-refractivity contribution in [2.24, 2.45) is 11.7 Å². The van der Waals surface area contributed by atoms with Crippen LogP contribution in [0.4, 0.5) is 4.39 Å². The molecule has 4 rings (SSSR count). The SMILES string of the molecule is CC(C)[C@@H]1CN(C(=O)c2ncccc2OCCN)CC(=O)NCCCc2ccc(F)c(c2)C(=O)N2CCC[C@H]2C(=O)N1. The van der Waals surface area contributed by atoms with Crippen molar-refractivity contribution in [2.75, 3.05) is 39.3 Å². The quantitative estimate of drug-likeness (QED) is 0.484. The normalized spacial score (nSPS) is 20.5. The zero-order valence-corrected chi connectivity index (χ0v) is 24.1. The number of carbonyl (C=O) groups excluding carboxylic acids is 4. The predicted octanol–water partition coefficient (Wildman–Crippen LogP) is 1.51. The minimum atomic E-state index is -0.781. The lowest BCUT2D eigenvalue weighted by molar-refractivity contribution is -0.126. The molecule has 4 amide bonds. The van der Waals surface area contributed by atoms with Gasteiger partial charge in [-0.2, -0.15) is 0 Å². The van der Waals surface area contributed by atoms with E-state index in [4.69, 9.17) is 10.5 Å². The minimum absolute atomic E-state index is 0.0125. The Kier molecular flexibility index (Phi) is 10.5. The van der Waals surface area contributed by atoms with Crippen molar-refractivity contribution in [3.05, 3.63) is 59.2 Å². The Bertz CT molecular complexity index is 1300. The van der Waals surface area contributed by atoms with Crippen molar-refractivity contribution in [1.82, 2.24) is 25.4 Å². The Morgan fingerprint density at radius 1 is 1.21 bits per heavy atom. The average Bonchev–Trinajstić information content (AvgIpc) is 3.47. The second-order valence-corrected chi connectivity index (χ2v) is 11.0. The third kappa shape index (κ3) is 7.41. The smallest absolute Gasteiger partial charge is 0.276 e. The Hall–Kier alpha value is -4.06. The van der Waals surface area contributed by atoms with Gasteiger partial charge in [-0.15, -0.1) is 0 Å². The molecular formula is C30H39FN6O5. The second-order valence-electron chi connectivity index (χ2n) is 11.0. The second kappa shape index (κ2) is 14.2. The average molecular weight is 583 g/mol. The van der Waals surface area contributed by atoms with E-state index in [9.17, 15) is 23.6 Å². The van der Waals surface area contributed by atoms with Gasteiger partial charge in [0.25, 0.3) is 11.8 Å². The molecule has 1 fully saturated rings. The molecular weight excluding hydrogens is 543 g/mol. The summed E-state index contributed by atoms with van der Waals surface area (Å²) in [7, 11) is 0. The van der Waals surface area contributed by atoms with E-state index < -0.39 is 29.7 Å². The van der Waals surface area contributed by atoms with Crippen LogP contribution in [0.5, 0.6) is 5.75 Å². The molecule has 4 N–H and O–H groups in total. The summed E-state index contributed by atoms with van der Waals surface area (Å²) in [5, 5.41) is 5.84. The van der Waals surface area contributed by atoms with Gasteiger partial charge in [-0.05, 0) is 61.4 Å². The topological polar surface area (TPSA) is 147 Å². The van der Waals surface area contributed by atoms with Crippen LogP contribution in [0.1, 0.15) is 59.5 Å². The van der Waals surface area contributed by atoms with E-state index in [0.29, 0.717) is 38.8 Å². The number of fused-ring (bicyclic) bond motifs is 3. The molecule has 0 radical (unpaired) electrons. The number of aromatic nitrogens is 1. The number of halogens is 1. The summed E-state index contributed by atoms with van der Waals surface area (Å²) in [6, 6.07) is 6.32. The van der Waals surface area contributed by atoms with Crippen LogP contribution >= 0.6 is 0 Å². The van der Waals surface area contributed by atoms with Crippen molar-refractivity contribution >= 4 is 23.6 Å². The molecule has 0 spiro atoms. The summed E-state index contributed by atoms with van der Waals surface area (Å²) in [6.45, 7) is 4.61. The summed E-state index contributed by atoms with van der Waals surface area (Å²) in [5.74, 6) is -2.34. The molecule has 3 heterocycles. The summed E-state index contributed by atoms with van der Waals surface area (Å²) < 4.78 is 20.4. The maximum absolute atomic E-state index is 14.8. The van der Waals surface area contributed by atoms with Gasteiger partial charge < -0.3 is 30.9 Å². The summed E-state index contributed by atoms with van der Waals surface area (Å²) >= 11 is 0. The number of hydrogen-bond acceptors (Lipinski definition) is 7. The molecule has 1 aromatic carbocycles. The van der Waals surface area contributed by atoms with Crippen molar-refractivity contribution in [1.29, 1.82) is 0 Å². The van der Waals surface area contributed by atoms with Crippen LogP contribution in [0.3, 0.4) is 0 Å². The number of carbonyl (C=O) groups is 4. The number of hydrogen-bond donors (Lipinski definition) is 3. The fourth-order valence-corrected chi connectivity index (χ4v) is 5.22. The number of ether oxygens (including phenoxy) is 1. The standard InChI is InChI=1S/C30H39FN6O5/c1-19(2)23-17-36(30(41)27-25(42-15-11-32)8-4-13-34-27)18-26(38)33-12-3-6-20-9-10-22(31)21(16-20)29(40)37-14-5-7-24(37)28(39)35-23/h4,8-10,13,16,19,23-24H,3,5-7,11-12,14-15,17-18,32H2,1-2H3,(H,33,38)(H,35,39)/t23-,24-/m0/s1. The molecule has 2 bridgehead atoms. The van der Waals surface area contributed by atoms with Gasteiger partial charge >= 0.3 is 0 Å². The molecule has 0 saturated carbocycles. The molecule has 2 atom stereocenters. The third-order valence-electron chi connectivity index (χ3n) is 7.56. The van der Waals surface area contributed by atoms with Gasteiger partial charge in [-0.25, -0.2) is 9.37 Å². The molecule has 0 aliphatic carbocycles. The van der Waals surface area contributed by atoms with Gasteiger partial charge in [0.15, 0.2) is 11.4 Å². The van der Waals surface area contributed by atoms with E-state index >= 15 is 0 Å². The van der Waals surface area contributed by atoms with Gasteiger partial charge in [0.05, 0.1) is 12.1 Å².